The molecule has 0 aromatic heterocycles. The predicted molar refractivity (Wildman–Crippen MR) is 68.4 cm³/mol. The first-order valence-electron chi connectivity index (χ1n) is 5.30. The Morgan fingerprint density at radius 2 is 1.58 bits per heavy atom. The van der Waals surface area contributed by atoms with E-state index in [2.05, 4.69) is 4.72 Å². The lowest BCUT2D eigenvalue weighted by Crippen LogP contribution is -2.12. The maximum atomic E-state index is 12.7. The number of nitrogens with one attached hydrogen (secondary N) is 1. The van der Waals surface area contributed by atoms with E-state index in [1.54, 1.807) is 0 Å². The Balaban J connectivity index is 2.26. The van der Waals surface area contributed by atoms with Gasteiger partial charge in [-0.3, -0.25) is 4.72 Å². The Hall–Kier alpha value is -2.39. The van der Waals surface area contributed by atoms with Crippen LogP contribution in [-0.2, 0) is 10.0 Å². The van der Waals surface area contributed by atoms with Crippen molar-refractivity contribution in [2.24, 2.45) is 0 Å². The summed E-state index contributed by atoms with van der Waals surface area (Å²) in [6, 6.07) is 12.4. The van der Waals surface area contributed by atoms with Crippen LogP contribution < -0.4 is 4.72 Å². The van der Waals surface area contributed by atoms with Crippen molar-refractivity contribution in [3.05, 3.63) is 59.9 Å². The molecular weight excluding hydrogens is 267 g/mol. The van der Waals surface area contributed by atoms with Gasteiger partial charge < -0.3 is 0 Å². The lowest BCUT2D eigenvalue weighted by molar-refractivity contribution is 0.599. The third-order valence-electron chi connectivity index (χ3n) is 2.39. The zero-order valence-electron chi connectivity index (χ0n) is 9.67. The first kappa shape index (κ1) is 13.1. The van der Waals surface area contributed by atoms with Gasteiger partial charge in [-0.15, -0.1) is 0 Å². The van der Waals surface area contributed by atoms with Crippen molar-refractivity contribution < 1.29 is 12.8 Å². The summed E-state index contributed by atoms with van der Waals surface area (Å²) in [6.07, 6.45) is 0. The summed E-state index contributed by atoms with van der Waals surface area (Å²) in [5.41, 5.74) is 0.771. The van der Waals surface area contributed by atoms with Crippen molar-refractivity contribution in [3.8, 4) is 6.07 Å². The monoisotopic (exact) mass is 276 g/mol. The highest BCUT2D eigenvalue weighted by Gasteiger charge is 2.13. The molecule has 0 radical (unpaired) electrons. The maximum Gasteiger partial charge on any atom is 0.261 e. The van der Waals surface area contributed by atoms with Crippen molar-refractivity contribution in [2.75, 3.05) is 4.72 Å². The van der Waals surface area contributed by atoms with Crippen LogP contribution in [-0.4, -0.2) is 8.42 Å². The van der Waals surface area contributed by atoms with Crippen LogP contribution in [0.1, 0.15) is 5.56 Å². The van der Waals surface area contributed by atoms with E-state index in [0.717, 1.165) is 12.1 Å². The van der Waals surface area contributed by atoms with E-state index >= 15 is 0 Å². The summed E-state index contributed by atoms with van der Waals surface area (Å²) in [6.45, 7) is 0. The van der Waals surface area contributed by atoms with Crippen LogP contribution in [0.15, 0.2) is 53.4 Å². The molecule has 2 aromatic rings. The number of rotatable bonds is 3. The van der Waals surface area contributed by atoms with Gasteiger partial charge in [0.2, 0.25) is 0 Å². The lowest BCUT2D eigenvalue weighted by Gasteiger charge is -2.07. The number of nitriles is 1. The van der Waals surface area contributed by atoms with Gasteiger partial charge in [-0.1, -0.05) is 0 Å². The van der Waals surface area contributed by atoms with E-state index in [-0.39, 0.29) is 4.90 Å². The molecule has 1 N–H and O–H groups in total. The third-order valence-corrected chi connectivity index (χ3v) is 3.79. The molecule has 2 rings (SSSR count). The van der Waals surface area contributed by atoms with E-state index in [9.17, 15) is 12.8 Å². The molecule has 0 aliphatic carbocycles. The molecule has 0 amide bonds. The smallest absolute Gasteiger partial charge is 0.261 e. The number of sulfonamides is 1. The van der Waals surface area contributed by atoms with Crippen molar-refractivity contribution in [2.45, 2.75) is 4.90 Å². The molecule has 0 heterocycles. The number of anilines is 1. The van der Waals surface area contributed by atoms with Crippen molar-refractivity contribution in [3.63, 3.8) is 0 Å². The molecular formula is C13H9FN2O2S. The van der Waals surface area contributed by atoms with Gasteiger partial charge in [0, 0.05) is 5.69 Å². The van der Waals surface area contributed by atoms with Crippen molar-refractivity contribution in [1.82, 2.24) is 0 Å². The third kappa shape index (κ3) is 3.09. The predicted octanol–water partition coefficient (Wildman–Crippen LogP) is 2.50. The molecule has 0 unspecified atom stereocenters. The highest BCUT2D eigenvalue weighted by Crippen LogP contribution is 2.16. The van der Waals surface area contributed by atoms with E-state index < -0.39 is 15.8 Å². The molecule has 19 heavy (non-hydrogen) atoms. The molecule has 0 fully saturated rings. The van der Waals surface area contributed by atoms with Gasteiger partial charge in [-0.25, -0.2) is 12.8 Å². The van der Waals surface area contributed by atoms with Gasteiger partial charge in [0.05, 0.1) is 16.5 Å². The molecule has 0 spiro atoms. The summed E-state index contributed by atoms with van der Waals surface area (Å²) in [7, 11) is -3.75. The largest absolute Gasteiger partial charge is 0.280 e. The summed E-state index contributed by atoms with van der Waals surface area (Å²) in [5, 5.41) is 8.64. The zero-order valence-corrected chi connectivity index (χ0v) is 10.5. The Labute approximate surface area is 110 Å². The van der Waals surface area contributed by atoms with Crippen LogP contribution in [0, 0.1) is 17.1 Å². The molecule has 96 valence electrons. The van der Waals surface area contributed by atoms with Gasteiger partial charge in [-0.05, 0) is 48.5 Å². The molecule has 2 aromatic carbocycles. The second kappa shape index (κ2) is 5.08. The van der Waals surface area contributed by atoms with E-state index in [1.807, 2.05) is 6.07 Å². The number of hydrogen-bond donors (Lipinski definition) is 1. The summed E-state index contributed by atoms with van der Waals surface area (Å²) < 4.78 is 39.0. The number of nitrogens with zero attached hydrogens (tertiary/aromatic N) is 1. The Kier molecular flexibility index (Phi) is 3.49. The topological polar surface area (TPSA) is 70.0 Å². The number of halogens is 1. The molecule has 4 nitrogen and oxygen atoms in total. The first-order chi connectivity index (χ1) is 9.01. The molecule has 0 atom stereocenters. The molecule has 0 saturated heterocycles. The molecule has 0 saturated carbocycles. The molecule has 0 aliphatic rings. The van der Waals surface area contributed by atoms with Gasteiger partial charge in [0.1, 0.15) is 5.82 Å². The second-order valence-corrected chi connectivity index (χ2v) is 5.43. The highest BCUT2D eigenvalue weighted by molar-refractivity contribution is 7.92. The van der Waals surface area contributed by atoms with Gasteiger partial charge in [-0.2, -0.15) is 5.26 Å². The van der Waals surface area contributed by atoms with E-state index in [4.69, 9.17) is 5.26 Å². The Morgan fingerprint density at radius 3 is 2.11 bits per heavy atom. The molecule has 0 aliphatic heterocycles. The van der Waals surface area contributed by atoms with Gasteiger partial charge in [0.15, 0.2) is 0 Å². The first-order valence-corrected chi connectivity index (χ1v) is 6.78. The lowest BCUT2D eigenvalue weighted by atomic mass is 10.2. The fraction of sp³-hybridized carbons (Fsp3) is 0. The number of hydrogen-bond acceptors (Lipinski definition) is 3. The Bertz CT molecular complexity index is 717. The fourth-order valence-electron chi connectivity index (χ4n) is 1.44. The molecule has 6 heteroatoms. The SMILES string of the molecule is N#Cc1ccc(NS(=O)(=O)c2ccc(F)cc2)cc1. The molecule has 0 bridgehead atoms. The minimum absolute atomic E-state index is 0.0294. The average Bonchev–Trinajstić information content (AvgIpc) is 2.40. The number of benzene rings is 2. The Morgan fingerprint density at radius 1 is 1.00 bits per heavy atom. The normalized spacial score (nSPS) is 10.7. The minimum atomic E-state index is -3.75. The summed E-state index contributed by atoms with van der Waals surface area (Å²) >= 11 is 0. The fourth-order valence-corrected chi connectivity index (χ4v) is 2.50. The summed E-state index contributed by atoms with van der Waals surface area (Å²) in [5.74, 6) is -0.502. The average molecular weight is 276 g/mol. The van der Waals surface area contributed by atoms with Crippen LogP contribution >= 0.6 is 0 Å². The van der Waals surface area contributed by atoms with E-state index in [0.29, 0.717) is 11.3 Å². The minimum Gasteiger partial charge on any atom is -0.280 e. The maximum absolute atomic E-state index is 12.7. The van der Waals surface area contributed by atoms with E-state index in [1.165, 1.54) is 36.4 Å². The van der Waals surface area contributed by atoms with Gasteiger partial charge in [0.25, 0.3) is 10.0 Å². The highest BCUT2D eigenvalue weighted by atomic mass is 32.2. The standard InChI is InChI=1S/C13H9FN2O2S/c14-11-3-7-13(8-4-11)19(17,18)16-12-5-1-10(9-15)2-6-12/h1-8,16H. The van der Waals surface area contributed by atoms with Crippen LogP contribution in [0.2, 0.25) is 0 Å². The quantitative estimate of drug-likeness (QED) is 0.936. The van der Waals surface area contributed by atoms with Crippen LogP contribution in [0.4, 0.5) is 10.1 Å². The van der Waals surface area contributed by atoms with Crippen LogP contribution in [0.3, 0.4) is 0 Å². The van der Waals surface area contributed by atoms with Crippen LogP contribution in [0.25, 0.3) is 0 Å². The van der Waals surface area contributed by atoms with Crippen LogP contribution in [0.5, 0.6) is 0 Å². The second-order valence-electron chi connectivity index (χ2n) is 3.75. The zero-order chi connectivity index (χ0) is 13.9. The summed E-state index contributed by atoms with van der Waals surface area (Å²) in [4.78, 5) is -0.0294. The van der Waals surface area contributed by atoms with Gasteiger partial charge >= 0.3 is 0 Å². The van der Waals surface area contributed by atoms with Crippen molar-refractivity contribution >= 4 is 15.7 Å². The van der Waals surface area contributed by atoms with Crippen molar-refractivity contribution in [1.29, 1.82) is 5.26 Å².